The van der Waals surface area contributed by atoms with Gasteiger partial charge in [-0.3, -0.25) is 15.0 Å². The fourth-order valence-electron chi connectivity index (χ4n) is 3.97. The minimum Gasteiger partial charge on any atom is -0.308 e. The number of rotatable bonds is 11. The van der Waals surface area contributed by atoms with Crippen molar-refractivity contribution in [2.24, 2.45) is 11.8 Å². The fraction of sp³-hybridized carbons (Fsp3) is 0.520. The van der Waals surface area contributed by atoms with E-state index in [0.29, 0.717) is 18.8 Å². The highest BCUT2D eigenvalue weighted by Crippen LogP contribution is 2.22. The molecular weight excluding hydrogens is 393 g/mol. The Balaban J connectivity index is 1.89. The Morgan fingerprint density at radius 1 is 1.13 bits per heavy atom. The van der Waals surface area contributed by atoms with Crippen LogP contribution in [-0.2, 0) is 11.2 Å². The van der Waals surface area contributed by atoms with Gasteiger partial charge >= 0.3 is 0 Å². The van der Waals surface area contributed by atoms with Crippen molar-refractivity contribution in [1.82, 2.24) is 15.8 Å². The first-order chi connectivity index (χ1) is 14.7. The SMILES string of the molecule is Cc1cc(C[C@H](CCCCN[C@@H](c2ccc(F)cn2)C(C)C)C(=O)NO)cc(C)c1C. The van der Waals surface area contributed by atoms with Gasteiger partial charge in [0.15, 0.2) is 0 Å². The number of benzene rings is 1. The number of unbranched alkanes of at least 4 members (excludes halogenated alkanes) is 1. The number of nitrogens with one attached hydrogen (secondary N) is 2. The van der Waals surface area contributed by atoms with E-state index in [2.05, 4.69) is 57.1 Å². The smallest absolute Gasteiger partial charge is 0.246 e. The van der Waals surface area contributed by atoms with Gasteiger partial charge < -0.3 is 5.32 Å². The predicted octanol–water partition coefficient (Wildman–Crippen LogP) is 4.97. The van der Waals surface area contributed by atoms with Gasteiger partial charge in [-0.25, -0.2) is 9.87 Å². The van der Waals surface area contributed by atoms with E-state index in [0.717, 1.165) is 30.6 Å². The number of aryl methyl sites for hydroxylation is 2. The summed E-state index contributed by atoms with van der Waals surface area (Å²) in [6.07, 6.45) is 4.30. The van der Waals surface area contributed by atoms with Gasteiger partial charge in [-0.05, 0) is 86.9 Å². The van der Waals surface area contributed by atoms with E-state index in [9.17, 15) is 14.4 Å². The molecule has 31 heavy (non-hydrogen) atoms. The lowest BCUT2D eigenvalue weighted by molar-refractivity contribution is -0.133. The Kier molecular flexibility index (Phi) is 9.59. The number of amides is 1. The molecule has 0 spiro atoms. The van der Waals surface area contributed by atoms with Crippen LogP contribution >= 0.6 is 0 Å². The van der Waals surface area contributed by atoms with E-state index in [-0.39, 0.29) is 23.7 Å². The summed E-state index contributed by atoms with van der Waals surface area (Å²) in [4.78, 5) is 16.4. The zero-order chi connectivity index (χ0) is 23.0. The summed E-state index contributed by atoms with van der Waals surface area (Å²) in [7, 11) is 0. The summed E-state index contributed by atoms with van der Waals surface area (Å²) in [6.45, 7) is 11.3. The molecule has 1 heterocycles. The van der Waals surface area contributed by atoms with Crippen molar-refractivity contribution in [3.05, 3.63) is 64.2 Å². The maximum atomic E-state index is 13.2. The highest BCUT2D eigenvalue weighted by Gasteiger charge is 2.20. The molecule has 5 nitrogen and oxygen atoms in total. The normalized spacial score (nSPS) is 13.3. The topological polar surface area (TPSA) is 74.2 Å². The zero-order valence-corrected chi connectivity index (χ0v) is 19.3. The number of halogens is 1. The third-order valence-electron chi connectivity index (χ3n) is 6.03. The minimum absolute atomic E-state index is 0.0515. The minimum atomic E-state index is -0.335. The largest absolute Gasteiger partial charge is 0.308 e. The predicted molar refractivity (Wildman–Crippen MR) is 121 cm³/mol. The van der Waals surface area contributed by atoms with Crippen LogP contribution in [-0.4, -0.2) is 22.6 Å². The lowest BCUT2D eigenvalue weighted by atomic mass is 9.90. The van der Waals surface area contributed by atoms with Gasteiger partial charge in [0.25, 0.3) is 0 Å². The summed E-state index contributed by atoms with van der Waals surface area (Å²) in [5.41, 5.74) is 7.49. The average Bonchev–Trinajstić information content (AvgIpc) is 2.73. The molecule has 0 aliphatic rings. The number of carbonyl (C=O) groups excluding carboxylic acids is 1. The molecular formula is C25H36FN3O2. The number of pyridine rings is 1. The van der Waals surface area contributed by atoms with Crippen LogP contribution in [0.4, 0.5) is 4.39 Å². The number of aromatic nitrogens is 1. The summed E-state index contributed by atoms with van der Waals surface area (Å²) >= 11 is 0. The Morgan fingerprint density at radius 3 is 2.35 bits per heavy atom. The molecule has 1 aromatic carbocycles. The quantitative estimate of drug-likeness (QED) is 0.268. The van der Waals surface area contributed by atoms with E-state index in [1.54, 1.807) is 6.07 Å². The van der Waals surface area contributed by atoms with Crippen molar-refractivity contribution >= 4 is 5.91 Å². The molecule has 1 aromatic heterocycles. The molecule has 2 aromatic rings. The van der Waals surface area contributed by atoms with Crippen LogP contribution in [0.5, 0.6) is 0 Å². The molecule has 2 rings (SSSR count). The second kappa shape index (κ2) is 11.9. The summed E-state index contributed by atoms with van der Waals surface area (Å²) in [6, 6.07) is 7.47. The van der Waals surface area contributed by atoms with Crippen molar-refractivity contribution in [3.63, 3.8) is 0 Å². The van der Waals surface area contributed by atoms with E-state index in [1.165, 1.54) is 29.0 Å². The number of hydroxylamine groups is 1. The van der Waals surface area contributed by atoms with E-state index in [4.69, 9.17) is 0 Å². The first-order valence-corrected chi connectivity index (χ1v) is 11.1. The summed E-state index contributed by atoms with van der Waals surface area (Å²) in [5.74, 6) is -0.622. The van der Waals surface area contributed by atoms with Gasteiger partial charge in [0.2, 0.25) is 5.91 Å². The molecule has 0 fully saturated rings. The molecule has 0 saturated carbocycles. The van der Waals surface area contributed by atoms with Crippen molar-refractivity contribution in [1.29, 1.82) is 0 Å². The van der Waals surface area contributed by atoms with Crippen molar-refractivity contribution in [2.45, 2.75) is 66.3 Å². The molecule has 2 atom stereocenters. The number of hydrogen-bond acceptors (Lipinski definition) is 4. The molecule has 0 bridgehead atoms. The third kappa shape index (κ3) is 7.40. The first-order valence-electron chi connectivity index (χ1n) is 11.1. The second-order valence-electron chi connectivity index (χ2n) is 8.80. The van der Waals surface area contributed by atoms with E-state index < -0.39 is 0 Å². The molecule has 6 heteroatoms. The number of carbonyl (C=O) groups is 1. The standard InChI is InChI=1S/C25H36FN3O2/c1-16(2)24(23-10-9-22(26)15-28-23)27-11-7-6-8-21(25(30)29-31)14-20-12-17(3)19(5)18(4)13-20/h9-10,12-13,15-16,21,24,27,31H,6-8,11,14H2,1-5H3,(H,29,30)/t21-,24+/m0/s1. The van der Waals surface area contributed by atoms with Crippen LogP contribution in [0, 0.1) is 38.4 Å². The van der Waals surface area contributed by atoms with E-state index >= 15 is 0 Å². The van der Waals surface area contributed by atoms with Crippen LogP contribution in [0.2, 0.25) is 0 Å². The second-order valence-corrected chi connectivity index (χ2v) is 8.80. The monoisotopic (exact) mass is 429 g/mol. The average molecular weight is 430 g/mol. The Labute approximate surface area is 185 Å². The highest BCUT2D eigenvalue weighted by molar-refractivity contribution is 5.77. The summed E-state index contributed by atoms with van der Waals surface area (Å²) < 4.78 is 13.2. The van der Waals surface area contributed by atoms with Gasteiger partial charge in [-0.15, -0.1) is 0 Å². The van der Waals surface area contributed by atoms with Crippen LogP contribution in [0.25, 0.3) is 0 Å². The molecule has 0 saturated heterocycles. The van der Waals surface area contributed by atoms with Gasteiger partial charge in [-0.2, -0.15) is 0 Å². The Bertz CT molecular complexity index is 829. The molecule has 0 aliphatic carbocycles. The van der Waals surface area contributed by atoms with Crippen LogP contribution in [0.15, 0.2) is 30.5 Å². The fourth-order valence-corrected chi connectivity index (χ4v) is 3.97. The highest BCUT2D eigenvalue weighted by atomic mass is 19.1. The molecule has 0 aliphatic heterocycles. The lowest BCUT2D eigenvalue weighted by Gasteiger charge is -2.22. The zero-order valence-electron chi connectivity index (χ0n) is 19.3. The molecule has 3 N–H and O–H groups in total. The van der Waals surface area contributed by atoms with E-state index in [1.807, 2.05) is 5.48 Å². The Morgan fingerprint density at radius 2 is 1.81 bits per heavy atom. The van der Waals surface area contributed by atoms with Gasteiger partial charge in [0.1, 0.15) is 5.82 Å². The first kappa shape index (κ1) is 25.0. The van der Waals surface area contributed by atoms with Crippen LogP contribution in [0.1, 0.15) is 67.1 Å². The Hall–Kier alpha value is -2.31. The number of nitrogens with zero attached hydrogens (tertiary/aromatic N) is 1. The lowest BCUT2D eigenvalue weighted by Crippen LogP contribution is -2.30. The maximum absolute atomic E-state index is 13.2. The van der Waals surface area contributed by atoms with Gasteiger partial charge in [0, 0.05) is 5.92 Å². The van der Waals surface area contributed by atoms with Crippen LogP contribution < -0.4 is 10.8 Å². The number of hydrogen-bond donors (Lipinski definition) is 3. The maximum Gasteiger partial charge on any atom is 0.246 e. The van der Waals surface area contributed by atoms with Crippen LogP contribution in [0.3, 0.4) is 0 Å². The summed E-state index contributed by atoms with van der Waals surface area (Å²) in [5, 5.41) is 12.7. The molecule has 0 unspecified atom stereocenters. The molecule has 170 valence electrons. The molecule has 0 radical (unpaired) electrons. The van der Waals surface area contributed by atoms with Crippen molar-refractivity contribution in [3.8, 4) is 0 Å². The molecule has 1 amide bonds. The van der Waals surface area contributed by atoms with Gasteiger partial charge in [0.05, 0.1) is 17.9 Å². The van der Waals surface area contributed by atoms with Crippen molar-refractivity contribution < 1.29 is 14.4 Å². The third-order valence-corrected chi connectivity index (χ3v) is 6.03. The van der Waals surface area contributed by atoms with Gasteiger partial charge in [-0.1, -0.05) is 32.4 Å². The van der Waals surface area contributed by atoms with Crippen molar-refractivity contribution in [2.75, 3.05) is 6.54 Å².